The standard InChI is InChI=1S/C21H18ClFN2O3S/c1-3-12(2)28-18-9-8-13(11-15(18)22)10-14-19(26)24-21(29)25(20(14)27)17-7-5-4-6-16(17)23/h4-12H,3H2,1-2H3,(H,24,26,29)/b14-10-. The summed E-state index contributed by atoms with van der Waals surface area (Å²) in [7, 11) is 0. The van der Waals surface area contributed by atoms with Crippen molar-refractivity contribution < 1.29 is 18.7 Å². The summed E-state index contributed by atoms with van der Waals surface area (Å²) in [6.07, 6.45) is 2.20. The number of nitrogens with zero attached hydrogens (tertiary/aromatic N) is 1. The largest absolute Gasteiger partial charge is 0.489 e. The Labute approximate surface area is 178 Å². The van der Waals surface area contributed by atoms with Crippen LogP contribution in [-0.4, -0.2) is 23.0 Å². The lowest BCUT2D eigenvalue weighted by atomic mass is 10.1. The van der Waals surface area contributed by atoms with Crippen molar-refractivity contribution in [3.8, 4) is 5.75 Å². The lowest BCUT2D eigenvalue weighted by Crippen LogP contribution is -2.54. The lowest BCUT2D eigenvalue weighted by Gasteiger charge is -2.29. The zero-order valence-electron chi connectivity index (χ0n) is 15.7. The normalized spacial score (nSPS) is 16.8. The minimum Gasteiger partial charge on any atom is -0.489 e. The van der Waals surface area contributed by atoms with Crippen LogP contribution in [0, 0.1) is 5.82 Å². The topological polar surface area (TPSA) is 58.6 Å². The molecule has 0 saturated carbocycles. The maximum absolute atomic E-state index is 14.2. The Hall–Kier alpha value is -2.77. The molecule has 1 atom stereocenters. The summed E-state index contributed by atoms with van der Waals surface area (Å²) < 4.78 is 19.9. The molecular weight excluding hydrogens is 415 g/mol. The van der Waals surface area contributed by atoms with Gasteiger partial charge in [-0.1, -0.05) is 36.7 Å². The SMILES string of the molecule is CCC(C)Oc1ccc(/C=C2/C(=O)NC(=S)N(c3ccccc3F)C2=O)cc1Cl. The highest BCUT2D eigenvalue weighted by atomic mass is 35.5. The van der Waals surface area contributed by atoms with Crippen LogP contribution < -0.4 is 15.0 Å². The summed E-state index contributed by atoms with van der Waals surface area (Å²) in [5.74, 6) is -1.51. The molecule has 1 aliphatic heterocycles. The number of benzene rings is 2. The molecule has 0 aliphatic carbocycles. The number of ether oxygens (including phenoxy) is 1. The maximum atomic E-state index is 14.2. The molecule has 1 heterocycles. The van der Waals surface area contributed by atoms with Crippen LogP contribution in [0.15, 0.2) is 48.0 Å². The monoisotopic (exact) mass is 432 g/mol. The van der Waals surface area contributed by atoms with Crippen molar-refractivity contribution >= 4 is 52.5 Å². The predicted octanol–water partition coefficient (Wildman–Crippen LogP) is 4.49. The van der Waals surface area contributed by atoms with E-state index in [2.05, 4.69) is 5.32 Å². The summed E-state index contributed by atoms with van der Waals surface area (Å²) in [4.78, 5) is 26.2. The van der Waals surface area contributed by atoms with Crippen LogP contribution in [0.4, 0.5) is 10.1 Å². The molecular formula is C21H18ClFN2O3S. The van der Waals surface area contributed by atoms with E-state index in [0.29, 0.717) is 16.3 Å². The Morgan fingerprint density at radius 3 is 2.66 bits per heavy atom. The summed E-state index contributed by atoms with van der Waals surface area (Å²) in [6, 6.07) is 10.6. The van der Waals surface area contributed by atoms with Gasteiger partial charge in [0, 0.05) is 0 Å². The van der Waals surface area contributed by atoms with E-state index in [0.717, 1.165) is 11.3 Å². The molecule has 0 bridgehead atoms. The van der Waals surface area contributed by atoms with Crippen LogP contribution in [0.2, 0.25) is 5.02 Å². The quantitative estimate of drug-likeness (QED) is 0.429. The highest BCUT2D eigenvalue weighted by Gasteiger charge is 2.35. The number of amides is 2. The van der Waals surface area contributed by atoms with Crippen molar-refractivity contribution in [3.63, 3.8) is 0 Å². The van der Waals surface area contributed by atoms with E-state index in [1.54, 1.807) is 24.3 Å². The van der Waals surface area contributed by atoms with Crippen molar-refractivity contribution in [1.82, 2.24) is 5.32 Å². The number of nitrogens with one attached hydrogen (secondary N) is 1. The number of carbonyl (C=O) groups excluding carboxylic acids is 2. The first-order valence-electron chi connectivity index (χ1n) is 8.94. The molecule has 2 amide bonds. The predicted molar refractivity (Wildman–Crippen MR) is 114 cm³/mol. The molecule has 1 unspecified atom stereocenters. The lowest BCUT2D eigenvalue weighted by molar-refractivity contribution is -0.122. The summed E-state index contributed by atoms with van der Waals surface area (Å²) in [5.41, 5.74) is 0.295. The Bertz CT molecular complexity index is 1020. The van der Waals surface area contributed by atoms with E-state index in [9.17, 15) is 14.0 Å². The van der Waals surface area contributed by atoms with Gasteiger partial charge in [-0.3, -0.25) is 14.9 Å². The van der Waals surface area contributed by atoms with Crippen LogP contribution >= 0.6 is 23.8 Å². The van der Waals surface area contributed by atoms with Gasteiger partial charge in [0.2, 0.25) is 0 Å². The fraction of sp³-hybridized carbons (Fsp3) is 0.190. The van der Waals surface area contributed by atoms with Gasteiger partial charge in [-0.25, -0.2) is 9.29 Å². The van der Waals surface area contributed by atoms with Crippen molar-refractivity contribution in [2.24, 2.45) is 0 Å². The fourth-order valence-corrected chi connectivity index (χ4v) is 3.19. The molecule has 1 fully saturated rings. The van der Waals surface area contributed by atoms with Crippen LogP contribution in [0.3, 0.4) is 0 Å². The van der Waals surface area contributed by atoms with Crippen LogP contribution in [-0.2, 0) is 9.59 Å². The molecule has 1 saturated heterocycles. The molecule has 2 aromatic carbocycles. The van der Waals surface area contributed by atoms with E-state index in [4.69, 9.17) is 28.6 Å². The number of halogens is 2. The molecule has 2 aromatic rings. The first-order chi connectivity index (χ1) is 13.8. The second kappa shape index (κ2) is 8.71. The van der Waals surface area contributed by atoms with Crippen LogP contribution in [0.5, 0.6) is 5.75 Å². The zero-order valence-corrected chi connectivity index (χ0v) is 17.3. The average molecular weight is 433 g/mol. The third-order valence-corrected chi connectivity index (χ3v) is 4.95. The smallest absolute Gasteiger partial charge is 0.270 e. The minimum absolute atomic E-state index is 0.00209. The van der Waals surface area contributed by atoms with E-state index in [-0.39, 0.29) is 22.5 Å². The van der Waals surface area contributed by atoms with Gasteiger partial charge in [-0.15, -0.1) is 0 Å². The summed E-state index contributed by atoms with van der Waals surface area (Å²) >= 11 is 11.3. The molecule has 3 rings (SSSR count). The molecule has 0 spiro atoms. The first kappa shape index (κ1) is 21.0. The van der Waals surface area contributed by atoms with Gasteiger partial charge in [0.25, 0.3) is 11.8 Å². The molecule has 0 aromatic heterocycles. The van der Waals surface area contributed by atoms with Gasteiger partial charge in [-0.05, 0) is 61.5 Å². The Morgan fingerprint density at radius 2 is 2.00 bits per heavy atom. The van der Waals surface area contributed by atoms with Crippen molar-refractivity contribution in [2.75, 3.05) is 4.90 Å². The van der Waals surface area contributed by atoms with Crippen LogP contribution in [0.1, 0.15) is 25.8 Å². The number of anilines is 1. The van der Waals surface area contributed by atoms with Gasteiger partial charge in [0.15, 0.2) is 5.11 Å². The van der Waals surface area contributed by atoms with Gasteiger partial charge in [-0.2, -0.15) is 0 Å². The van der Waals surface area contributed by atoms with Crippen molar-refractivity contribution in [2.45, 2.75) is 26.4 Å². The highest BCUT2D eigenvalue weighted by Crippen LogP contribution is 2.29. The van der Waals surface area contributed by atoms with E-state index in [1.807, 2.05) is 13.8 Å². The van der Waals surface area contributed by atoms with E-state index >= 15 is 0 Å². The minimum atomic E-state index is -0.722. The van der Waals surface area contributed by atoms with Gasteiger partial charge >= 0.3 is 0 Å². The molecule has 0 radical (unpaired) electrons. The molecule has 5 nitrogen and oxygen atoms in total. The van der Waals surface area contributed by atoms with E-state index in [1.165, 1.54) is 24.3 Å². The molecule has 8 heteroatoms. The number of hydrogen-bond donors (Lipinski definition) is 1. The third kappa shape index (κ3) is 4.46. The number of hydrogen-bond acceptors (Lipinski definition) is 4. The number of thiocarbonyl (C=S) groups is 1. The second-order valence-electron chi connectivity index (χ2n) is 6.44. The molecule has 1 N–H and O–H groups in total. The third-order valence-electron chi connectivity index (χ3n) is 4.37. The summed E-state index contributed by atoms with van der Waals surface area (Å²) in [5, 5.41) is 2.59. The van der Waals surface area contributed by atoms with Gasteiger partial charge in [0.1, 0.15) is 17.1 Å². The number of carbonyl (C=O) groups is 2. The van der Waals surface area contributed by atoms with Crippen molar-refractivity contribution in [3.05, 3.63) is 64.4 Å². The number of rotatable bonds is 5. The number of para-hydroxylation sites is 1. The van der Waals surface area contributed by atoms with Crippen LogP contribution in [0.25, 0.3) is 6.08 Å². The Morgan fingerprint density at radius 1 is 1.28 bits per heavy atom. The maximum Gasteiger partial charge on any atom is 0.270 e. The zero-order chi connectivity index (χ0) is 21.1. The molecule has 29 heavy (non-hydrogen) atoms. The first-order valence-corrected chi connectivity index (χ1v) is 9.72. The van der Waals surface area contributed by atoms with E-state index < -0.39 is 17.6 Å². The molecule has 1 aliphatic rings. The van der Waals surface area contributed by atoms with Gasteiger partial charge in [0.05, 0.1) is 16.8 Å². The summed E-state index contributed by atoms with van der Waals surface area (Å²) in [6.45, 7) is 3.92. The average Bonchev–Trinajstić information content (AvgIpc) is 2.68. The second-order valence-corrected chi connectivity index (χ2v) is 7.23. The Balaban J connectivity index is 1.95. The highest BCUT2D eigenvalue weighted by molar-refractivity contribution is 7.80. The van der Waals surface area contributed by atoms with Crippen molar-refractivity contribution in [1.29, 1.82) is 0 Å². The fourth-order valence-electron chi connectivity index (χ4n) is 2.68. The Kier molecular flexibility index (Phi) is 6.30. The molecule has 150 valence electrons. The van der Waals surface area contributed by atoms with Gasteiger partial charge < -0.3 is 4.74 Å².